The van der Waals surface area contributed by atoms with Gasteiger partial charge in [0.2, 0.25) is 5.91 Å². The van der Waals surface area contributed by atoms with Crippen molar-refractivity contribution in [2.45, 2.75) is 6.42 Å². The lowest BCUT2D eigenvalue weighted by atomic mass is 9.82. The Bertz CT molecular complexity index is 626. The number of anilines is 1. The van der Waals surface area contributed by atoms with Gasteiger partial charge < -0.3 is 10.4 Å². The van der Waals surface area contributed by atoms with Crippen molar-refractivity contribution in [3.63, 3.8) is 0 Å². The molecule has 0 radical (unpaired) electrons. The van der Waals surface area contributed by atoms with Crippen LogP contribution in [0.15, 0.2) is 30.4 Å². The number of hydrogen-bond acceptors (Lipinski definition) is 2. The number of rotatable bonds is 3. The largest absolute Gasteiger partial charge is 0.481 e. The maximum atomic E-state index is 13.3. The van der Waals surface area contributed by atoms with Crippen LogP contribution in [0.5, 0.6) is 0 Å². The van der Waals surface area contributed by atoms with E-state index in [1.54, 1.807) is 0 Å². The Balaban J connectivity index is 1.82. The van der Waals surface area contributed by atoms with E-state index in [0.29, 0.717) is 6.42 Å². The number of carbonyl (C=O) groups is 2. The van der Waals surface area contributed by atoms with Crippen LogP contribution in [0.2, 0.25) is 5.02 Å². The molecule has 0 aliphatic heterocycles. The number of allylic oxidation sites excluding steroid dienone is 2. The third-order valence-corrected chi connectivity index (χ3v) is 4.40. The molecular formula is C15H13ClFNO3. The van der Waals surface area contributed by atoms with Gasteiger partial charge in [0.1, 0.15) is 5.82 Å². The summed E-state index contributed by atoms with van der Waals surface area (Å²) in [7, 11) is 0. The molecular weight excluding hydrogens is 297 g/mol. The van der Waals surface area contributed by atoms with Gasteiger partial charge in [0.05, 0.1) is 11.8 Å². The van der Waals surface area contributed by atoms with E-state index in [2.05, 4.69) is 5.32 Å². The highest BCUT2D eigenvalue weighted by molar-refractivity contribution is 6.30. The minimum atomic E-state index is -0.968. The zero-order chi connectivity index (χ0) is 15.1. The van der Waals surface area contributed by atoms with E-state index in [1.807, 2.05) is 12.2 Å². The zero-order valence-electron chi connectivity index (χ0n) is 10.9. The first kappa shape index (κ1) is 14.1. The highest BCUT2D eigenvalue weighted by Crippen LogP contribution is 2.48. The fourth-order valence-corrected chi connectivity index (χ4v) is 3.59. The maximum absolute atomic E-state index is 13.3. The molecule has 2 bridgehead atoms. The molecule has 2 aliphatic rings. The molecule has 1 amide bonds. The van der Waals surface area contributed by atoms with Crippen LogP contribution in [-0.4, -0.2) is 17.0 Å². The van der Waals surface area contributed by atoms with Crippen molar-refractivity contribution in [1.29, 1.82) is 0 Å². The number of carboxylic acid groups (broad SMARTS) is 1. The first-order chi connectivity index (χ1) is 9.95. The minimum Gasteiger partial charge on any atom is -0.481 e. The average Bonchev–Trinajstić information content (AvgIpc) is 2.96. The van der Waals surface area contributed by atoms with E-state index in [0.717, 1.165) is 12.1 Å². The normalized spacial score (nSPS) is 29.6. The zero-order valence-corrected chi connectivity index (χ0v) is 11.7. The number of carboxylic acids is 1. The molecule has 0 aromatic heterocycles. The first-order valence-corrected chi connectivity index (χ1v) is 7.01. The van der Waals surface area contributed by atoms with Crippen molar-refractivity contribution in [3.05, 3.63) is 41.2 Å². The average molecular weight is 310 g/mol. The molecule has 0 spiro atoms. The molecule has 6 heteroatoms. The van der Waals surface area contributed by atoms with Gasteiger partial charge >= 0.3 is 5.97 Å². The Hall–Kier alpha value is -1.88. The van der Waals surface area contributed by atoms with E-state index >= 15 is 0 Å². The SMILES string of the molecule is O=C(O)[C@@H]1C2C=CC(C2)[C@@H]1C(=O)Nc1cc(F)cc(Cl)c1. The van der Waals surface area contributed by atoms with Gasteiger partial charge in [-0.1, -0.05) is 23.8 Å². The molecule has 1 aromatic carbocycles. The van der Waals surface area contributed by atoms with E-state index < -0.39 is 29.5 Å². The van der Waals surface area contributed by atoms with Gasteiger partial charge in [0.15, 0.2) is 0 Å². The number of hydrogen-bond donors (Lipinski definition) is 2. The number of amides is 1. The summed E-state index contributed by atoms with van der Waals surface area (Å²) in [6.07, 6.45) is 4.44. The molecule has 2 N–H and O–H groups in total. The Morgan fingerprint density at radius 2 is 1.86 bits per heavy atom. The predicted octanol–water partition coefficient (Wildman–Crippen LogP) is 2.94. The van der Waals surface area contributed by atoms with Crippen LogP contribution >= 0.6 is 11.6 Å². The van der Waals surface area contributed by atoms with Gasteiger partial charge in [-0.3, -0.25) is 9.59 Å². The number of halogens is 2. The second-order valence-corrected chi connectivity index (χ2v) is 5.92. The van der Waals surface area contributed by atoms with Gasteiger partial charge in [0, 0.05) is 10.7 Å². The highest BCUT2D eigenvalue weighted by atomic mass is 35.5. The Morgan fingerprint density at radius 1 is 1.19 bits per heavy atom. The quantitative estimate of drug-likeness (QED) is 0.844. The molecule has 0 saturated heterocycles. The van der Waals surface area contributed by atoms with Gasteiger partial charge in [-0.05, 0) is 36.5 Å². The second kappa shape index (κ2) is 5.15. The first-order valence-electron chi connectivity index (χ1n) is 6.64. The minimum absolute atomic E-state index is 0.0693. The second-order valence-electron chi connectivity index (χ2n) is 5.49. The summed E-state index contributed by atoms with van der Waals surface area (Å²) in [5.41, 5.74) is 0.237. The van der Waals surface area contributed by atoms with Crippen molar-refractivity contribution in [2.24, 2.45) is 23.7 Å². The summed E-state index contributed by atoms with van der Waals surface area (Å²) in [4.78, 5) is 23.7. The van der Waals surface area contributed by atoms with Crippen LogP contribution in [0.3, 0.4) is 0 Å². The molecule has 1 fully saturated rings. The van der Waals surface area contributed by atoms with E-state index in [1.165, 1.54) is 6.07 Å². The van der Waals surface area contributed by atoms with Crippen LogP contribution in [0, 0.1) is 29.5 Å². The maximum Gasteiger partial charge on any atom is 0.307 e. The number of fused-ring (bicyclic) bond motifs is 2. The van der Waals surface area contributed by atoms with Crippen LogP contribution in [-0.2, 0) is 9.59 Å². The molecule has 21 heavy (non-hydrogen) atoms. The molecule has 0 heterocycles. The van der Waals surface area contributed by atoms with Gasteiger partial charge in [-0.2, -0.15) is 0 Å². The van der Waals surface area contributed by atoms with E-state index in [4.69, 9.17) is 11.6 Å². The van der Waals surface area contributed by atoms with E-state index in [-0.39, 0.29) is 22.5 Å². The fraction of sp³-hybridized carbons (Fsp3) is 0.333. The van der Waals surface area contributed by atoms with Crippen molar-refractivity contribution in [3.8, 4) is 0 Å². The highest BCUT2D eigenvalue weighted by Gasteiger charge is 2.51. The summed E-state index contributed by atoms with van der Waals surface area (Å²) in [6.45, 7) is 0. The number of aliphatic carboxylic acids is 1. The standard InChI is InChI=1S/C15H13ClFNO3/c16-9-4-10(17)6-11(5-9)18-14(19)12-7-1-2-8(3-7)13(12)15(20)21/h1-2,4-8,12-13H,3H2,(H,18,19)(H,20,21)/t7?,8?,12-,13+/m0/s1. The van der Waals surface area contributed by atoms with Crippen LogP contribution < -0.4 is 5.32 Å². The molecule has 2 aliphatic carbocycles. The molecule has 4 nitrogen and oxygen atoms in total. The summed E-state index contributed by atoms with van der Waals surface area (Å²) in [6, 6.07) is 3.72. The Morgan fingerprint density at radius 3 is 2.48 bits per heavy atom. The van der Waals surface area contributed by atoms with Crippen LogP contribution in [0.4, 0.5) is 10.1 Å². The summed E-state index contributed by atoms with van der Waals surface area (Å²) in [5.74, 6) is -3.44. The Labute approximate surface area is 125 Å². The number of benzene rings is 1. The monoisotopic (exact) mass is 309 g/mol. The smallest absolute Gasteiger partial charge is 0.307 e. The van der Waals surface area contributed by atoms with Gasteiger partial charge in [-0.25, -0.2) is 4.39 Å². The van der Waals surface area contributed by atoms with Crippen molar-refractivity contribution in [2.75, 3.05) is 5.32 Å². The van der Waals surface area contributed by atoms with Gasteiger partial charge in [-0.15, -0.1) is 0 Å². The van der Waals surface area contributed by atoms with Crippen LogP contribution in [0.1, 0.15) is 6.42 Å². The lowest BCUT2D eigenvalue weighted by molar-refractivity contribution is -0.146. The van der Waals surface area contributed by atoms with Crippen molar-refractivity contribution in [1.82, 2.24) is 0 Å². The summed E-state index contributed by atoms with van der Waals surface area (Å²) >= 11 is 5.74. The molecule has 110 valence electrons. The lowest BCUT2D eigenvalue weighted by Crippen LogP contribution is -2.36. The van der Waals surface area contributed by atoms with E-state index in [9.17, 15) is 19.1 Å². The molecule has 1 saturated carbocycles. The third kappa shape index (κ3) is 2.53. The number of carbonyl (C=O) groups excluding carboxylic acids is 1. The topological polar surface area (TPSA) is 66.4 Å². The van der Waals surface area contributed by atoms with Crippen molar-refractivity contribution < 1.29 is 19.1 Å². The summed E-state index contributed by atoms with van der Waals surface area (Å²) in [5, 5.41) is 12.1. The van der Waals surface area contributed by atoms with Gasteiger partial charge in [0.25, 0.3) is 0 Å². The molecule has 2 unspecified atom stereocenters. The summed E-state index contributed by atoms with van der Waals surface area (Å²) < 4.78 is 13.3. The third-order valence-electron chi connectivity index (χ3n) is 4.18. The predicted molar refractivity (Wildman–Crippen MR) is 75.4 cm³/mol. The van der Waals surface area contributed by atoms with Crippen LogP contribution in [0.25, 0.3) is 0 Å². The molecule has 1 aromatic rings. The molecule has 4 atom stereocenters. The Kier molecular flexibility index (Phi) is 3.45. The number of nitrogens with one attached hydrogen (secondary N) is 1. The fourth-order valence-electron chi connectivity index (χ4n) is 3.37. The molecule has 3 rings (SSSR count). The van der Waals surface area contributed by atoms with Crippen molar-refractivity contribution >= 4 is 29.2 Å². The lowest BCUT2D eigenvalue weighted by Gasteiger charge is -2.23.